The highest BCUT2D eigenvalue weighted by Crippen LogP contribution is 2.48. The third-order valence-corrected chi connectivity index (χ3v) is 6.26. The van der Waals surface area contributed by atoms with Crippen molar-refractivity contribution in [3.63, 3.8) is 0 Å². The molecule has 1 heteroatoms. The van der Waals surface area contributed by atoms with Crippen molar-refractivity contribution >= 4 is 0 Å². The van der Waals surface area contributed by atoms with E-state index in [-0.39, 0.29) is 5.82 Å². The lowest BCUT2D eigenvalue weighted by Gasteiger charge is -2.42. The van der Waals surface area contributed by atoms with Gasteiger partial charge in [0.25, 0.3) is 0 Å². The molecule has 0 heterocycles. The van der Waals surface area contributed by atoms with Gasteiger partial charge in [0.2, 0.25) is 0 Å². The number of fused-ring (bicyclic) bond motifs is 1. The molecule has 1 unspecified atom stereocenters. The SMILES string of the molecule is CCCCCC1CC[C@@H]2C[C@H](c3cccc(F)c3)CC[C@@H]2C1. The molecular formula is C21H31F. The van der Waals surface area contributed by atoms with Crippen molar-refractivity contribution < 1.29 is 4.39 Å². The van der Waals surface area contributed by atoms with Crippen LogP contribution in [0.3, 0.4) is 0 Å². The van der Waals surface area contributed by atoms with Crippen molar-refractivity contribution in [3.05, 3.63) is 35.6 Å². The molecule has 0 amide bonds. The van der Waals surface area contributed by atoms with Crippen LogP contribution < -0.4 is 0 Å². The van der Waals surface area contributed by atoms with Crippen molar-refractivity contribution in [2.75, 3.05) is 0 Å². The van der Waals surface area contributed by atoms with E-state index in [0.29, 0.717) is 5.92 Å². The second-order valence-electron chi connectivity index (χ2n) is 7.76. The van der Waals surface area contributed by atoms with E-state index in [0.717, 1.165) is 17.8 Å². The molecule has 0 saturated heterocycles. The molecule has 2 aliphatic carbocycles. The van der Waals surface area contributed by atoms with E-state index in [2.05, 4.69) is 13.0 Å². The fourth-order valence-electron chi connectivity index (χ4n) is 4.99. The highest BCUT2D eigenvalue weighted by atomic mass is 19.1. The van der Waals surface area contributed by atoms with E-state index in [4.69, 9.17) is 0 Å². The van der Waals surface area contributed by atoms with E-state index in [9.17, 15) is 4.39 Å². The molecule has 0 aliphatic heterocycles. The Morgan fingerprint density at radius 3 is 2.64 bits per heavy atom. The van der Waals surface area contributed by atoms with Gasteiger partial charge in [0.1, 0.15) is 5.82 Å². The first-order valence-electron chi connectivity index (χ1n) is 9.51. The van der Waals surface area contributed by atoms with E-state index >= 15 is 0 Å². The minimum absolute atomic E-state index is 0.0701. The fraction of sp³-hybridized carbons (Fsp3) is 0.714. The zero-order valence-corrected chi connectivity index (χ0v) is 14.1. The zero-order valence-electron chi connectivity index (χ0n) is 14.1. The molecule has 2 saturated carbocycles. The van der Waals surface area contributed by atoms with Gasteiger partial charge in [0.05, 0.1) is 0 Å². The van der Waals surface area contributed by atoms with Crippen LogP contribution in [0.4, 0.5) is 4.39 Å². The van der Waals surface area contributed by atoms with E-state index < -0.39 is 0 Å². The molecule has 1 aromatic rings. The van der Waals surface area contributed by atoms with Gasteiger partial charge in [0.15, 0.2) is 0 Å². The normalized spacial score (nSPS) is 31.7. The second-order valence-corrected chi connectivity index (χ2v) is 7.76. The van der Waals surface area contributed by atoms with Crippen LogP contribution in [0, 0.1) is 23.6 Å². The monoisotopic (exact) mass is 302 g/mol. The van der Waals surface area contributed by atoms with Gasteiger partial charge in [-0.25, -0.2) is 4.39 Å². The molecule has 1 aromatic carbocycles. The van der Waals surface area contributed by atoms with Crippen LogP contribution in [0.1, 0.15) is 82.6 Å². The van der Waals surface area contributed by atoms with Crippen LogP contribution in [-0.4, -0.2) is 0 Å². The molecule has 0 bridgehead atoms. The van der Waals surface area contributed by atoms with Gasteiger partial charge < -0.3 is 0 Å². The van der Waals surface area contributed by atoms with Gasteiger partial charge in [-0.2, -0.15) is 0 Å². The summed E-state index contributed by atoms with van der Waals surface area (Å²) >= 11 is 0. The lowest BCUT2D eigenvalue weighted by atomic mass is 9.63. The smallest absolute Gasteiger partial charge is 0.123 e. The van der Waals surface area contributed by atoms with Crippen LogP contribution in [0.25, 0.3) is 0 Å². The number of halogens is 1. The first-order chi connectivity index (χ1) is 10.8. The molecule has 0 aromatic heterocycles. The summed E-state index contributed by atoms with van der Waals surface area (Å²) in [6.45, 7) is 2.30. The minimum atomic E-state index is -0.0701. The van der Waals surface area contributed by atoms with Gasteiger partial charge in [0, 0.05) is 0 Å². The molecule has 4 atom stereocenters. The van der Waals surface area contributed by atoms with Gasteiger partial charge in [-0.1, -0.05) is 51.2 Å². The summed E-state index contributed by atoms with van der Waals surface area (Å²) in [5.41, 5.74) is 1.24. The third-order valence-electron chi connectivity index (χ3n) is 6.26. The predicted molar refractivity (Wildman–Crippen MR) is 91.5 cm³/mol. The molecular weight excluding hydrogens is 271 g/mol. The zero-order chi connectivity index (χ0) is 15.4. The molecule has 22 heavy (non-hydrogen) atoms. The summed E-state index contributed by atoms with van der Waals surface area (Å²) < 4.78 is 13.5. The number of benzene rings is 1. The lowest BCUT2D eigenvalue weighted by Crippen LogP contribution is -2.30. The average molecular weight is 302 g/mol. The first kappa shape index (κ1) is 16.0. The summed E-state index contributed by atoms with van der Waals surface area (Å²) in [4.78, 5) is 0. The molecule has 0 radical (unpaired) electrons. The molecule has 2 fully saturated rings. The number of hydrogen-bond donors (Lipinski definition) is 0. The Hall–Kier alpha value is -0.850. The maximum Gasteiger partial charge on any atom is 0.123 e. The largest absolute Gasteiger partial charge is 0.207 e. The third kappa shape index (κ3) is 3.91. The van der Waals surface area contributed by atoms with Gasteiger partial charge in [-0.3, -0.25) is 0 Å². The predicted octanol–water partition coefficient (Wildman–Crippen LogP) is 6.71. The van der Waals surface area contributed by atoms with Crippen molar-refractivity contribution in [2.45, 2.75) is 77.0 Å². The molecule has 0 N–H and O–H groups in total. The van der Waals surface area contributed by atoms with Crippen LogP contribution in [0.15, 0.2) is 24.3 Å². The molecule has 0 spiro atoms. The highest BCUT2D eigenvalue weighted by molar-refractivity contribution is 5.21. The first-order valence-corrected chi connectivity index (χ1v) is 9.51. The molecule has 3 rings (SSSR count). The summed E-state index contributed by atoms with van der Waals surface area (Å²) in [5.74, 6) is 3.40. The molecule has 122 valence electrons. The number of rotatable bonds is 5. The maximum atomic E-state index is 13.5. The second kappa shape index (κ2) is 7.62. The molecule has 0 nitrogen and oxygen atoms in total. The van der Waals surface area contributed by atoms with Crippen LogP contribution in [-0.2, 0) is 0 Å². The molecule has 2 aliphatic rings. The Kier molecular flexibility index (Phi) is 5.55. The standard InChI is InChI=1S/C21H31F/c1-2-3-4-6-16-9-10-19-14-20(12-11-18(19)13-16)17-7-5-8-21(22)15-17/h5,7-8,15-16,18-20H,2-4,6,9-14H2,1H3/t16?,18-,19-,20-/m1/s1. The average Bonchev–Trinajstić information content (AvgIpc) is 2.54. The van der Waals surface area contributed by atoms with Crippen molar-refractivity contribution in [1.82, 2.24) is 0 Å². The Balaban J connectivity index is 1.53. The summed E-state index contributed by atoms with van der Waals surface area (Å²) in [7, 11) is 0. The highest BCUT2D eigenvalue weighted by Gasteiger charge is 2.35. The Bertz CT molecular complexity index is 467. The Morgan fingerprint density at radius 1 is 1.00 bits per heavy atom. The topological polar surface area (TPSA) is 0 Å². The minimum Gasteiger partial charge on any atom is -0.207 e. The quantitative estimate of drug-likeness (QED) is 0.530. The van der Waals surface area contributed by atoms with Gasteiger partial charge in [-0.15, -0.1) is 0 Å². The summed E-state index contributed by atoms with van der Waals surface area (Å²) in [6.07, 6.45) is 13.9. The van der Waals surface area contributed by atoms with E-state index in [1.807, 2.05) is 6.07 Å². The Morgan fingerprint density at radius 2 is 1.82 bits per heavy atom. The van der Waals surface area contributed by atoms with Crippen molar-refractivity contribution in [1.29, 1.82) is 0 Å². The van der Waals surface area contributed by atoms with E-state index in [1.165, 1.54) is 69.8 Å². The maximum absolute atomic E-state index is 13.5. The lowest BCUT2D eigenvalue weighted by molar-refractivity contribution is 0.113. The van der Waals surface area contributed by atoms with E-state index in [1.54, 1.807) is 12.1 Å². The van der Waals surface area contributed by atoms with Crippen molar-refractivity contribution in [2.24, 2.45) is 17.8 Å². The summed E-state index contributed by atoms with van der Waals surface area (Å²) in [6, 6.07) is 7.34. The van der Waals surface area contributed by atoms with Crippen LogP contribution >= 0.6 is 0 Å². The fourth-order valence-corrected chi connectivity index (χ4v) is 4.99. The number of hydrogen-bond acceptors (Lipinski definition) is 0. The van der Waals surface area contributed by atoms with Crippen LogP contribution in [0.2, 0.25) is 0 Å². The Labute approximate surface area is 135 Å². The van der Waals surface area contributed by atoms with Crippen LogP contribution in [0.5, 0.6) is 0 Å². The number of unbranched alkanes of at least 4 members (excludes halogenated alkanes) is 2. The summed E-state index contributed by atoms with van der Waals surface area (Å²) in [5, 5.41) is 0. The van der Waals surface area contributed by atoms with Gasteiger partial charge >= 0.3 is 0 Å². The van der Waals surface area contributed by atoms with Crippen molar-refractivity contribution in [3.8, 4) is 0 Å². The van der Waals surface area contributed by atoms with Gasteiger partial charge in [-0.05, 0) is 73.5 Å².